The van der Waals surface area contributed by atoms with Crippen LogP contribution in [0.15, 0.2) is 24.3 Å². The molecule has 1 aromatic rings. The van der Waals surface area contributed by atoms with Gasteiger partial charge < -0.3 is 5.32 Å². The average molecular weight is 265 g/mol. The first-order valence-electron chi connectivity index (χ1n) is 5.67. The molecule has 1 N–H and O–H groups in total. The van der Waals surface area contributed by atoms with E-state index >= 15 is 0 Å². The summed E-state index contributed by atoms with van der Waals surface area (Å²) in [5, 5.41) is 2.26. The summed E-state index contributed by atoms with van der Waals surface area (Å²) in [5.41, 5.74) is 0.610. The zero-order valence-corrected chi connectivity index (χ0v) is 11.3. The number of amides is 1. The summed E-state index contributed by atoms with van der Waals surface area (Å²) in [6.45, 7) is 3.89. The molecule has 0 aliphatic heterocycles. The van der Waals surface area contributed by atoms with Crippen LogP contribution in [0.3, 0.4) is 0 Å². The molecule has 2 atom stereocenters. The Bertz CT molecular complexity index is 455. The van der Waals surface area contributed by atoms with Gasteiger partial charge in [-0.05, 0) is 19.9 Å². The second-order valence-corrected chi connectivity index (χ2v) is 5.55. The number of hydrogen-bond acceptors (Lipinski definition) is 2. The topological polar surface area (TPSA) is 29.1 Å². The van der Waals surface area contributed by atoms with Crippen molar-refractivity contribution in [3.05, 3.63) is 35.6 Å². The molecule has 96 valence electrons. The van der Waals surface area contributed by atoms with Crippen LogP contribution in [-0.4, -0.2) is 17.7 Å². The minimum atomic E-state index is -0.270. The van der Waals surface area contributed by atoms with Gasteiger partial charge in [-0.2, -0.15) is 0 Å². The van der Waals surface area contributed by atoms with Gasteiger partial charge in [-0.1, -0.05) is 24.1 Å². The van der Waals surface area contributed by atoms with E-state index in [1.807, 2.05) is 6.92 Å². The first-order valence-corrected chi connectivity index (χ1v) is 6.61. The minimum absolute atomic E-state index is 0.0854. The lowest BCUT2D eigenvalue weighted by Crippen LogP contribution is -2.31. The van der Waals surface area contributed by atoms with Crippen molar-refractivity contribution in [1.82, 2.24) is 5.32 Å². The summed E-state index contributed by atoms with van der Waals surface area (Å²) < 4.78 is 13.6. The predicted octanol–water partition coefficient (Wildman–Crippen LogP) is 2.76. The van der Waals surface area contributed by atoms with Gasteiger partial charge in [-0.15, -0.1) is 18.2 Å². The number of carbonyl (C=O) groups excluding carboxylic acids is 1. The summed E-state index contributed by atoms with van der Waals surface area (Å²) in [4.78, 5) is 11.6. The number of thioether (sulfide) groups is 1. The Morgan fingerprint density at radius 1 is 1.50 bits per heavy atom. The van der Waals surface area contributed by atoms with Crippen molar-refractivity contribution >= 4 is 17.7 Å². The maximum Gasteiger partial charge on any atom is 0.233 e. The third-order valence-electron chi connectivity index (χ3n) is 2.49. The highest BCUT2D eigenvalue weighted by atomic mass is 32.2. The van der Waals surface area contributed by atoms with E-state index in [-0.39, 0.29) is 28.8 Å². The Morgan fingerprint density at radius 3 is 2.78 bits per heavy atom. The summed E-state index contributed by atoms with van der Waals surface area (Å²) in [5.74, 6) is 1.98. The van der Waals surface area contributed by atoms with Crippen molar-refractivity contribution in [2.75, 3.05) is 6.54 Å². The standard InChI is InChI=1S/C14H16FNOS/c1-4-9-16-14(17)11(3)18-10(2)12-7-5-6-8-13(12)15/h1,5-8,10-11H,9H2,2-3H3,(H,16,17)/t10-,11+/m0/s1. The van der Waals surface area contributed by atoms with Crippen molar-refractivity contribution in [2.24, 2.45) is 0 Å². The Morgan fingerprint density at radius 2 is 2.17 bits per heavy atom. The number of rotatable bonds is 5. The van der Waals surface area contributed by atoms with Gasteiger partial charge in [0.2, 0.25) is 5.91 Å². The highest BCUT2D eigenvalue weighted by Crippen LogP contribution is 2.32. The van der Waals surface area contributed by atoms with E-state index in [2.05, 4.69) is 11.2 Å². The van der Waals surface area contributed by atoms with Gasteiger partial charge in [0.15, 0.2) is 0 Å². The lowest BCUT2D eigenvalue weighted by molar-refractivity contribution is -0.120. The van der Waals surface area contributed by atoms with Crippen molar-refractivity contribution in [2.45, 2.75) is 24.3 Å². The molecule has 1 aromatic carbocycles. The summed E-state index contributed by atoms with van der Waals surface area (Å²) in [6, 6.07) is 6.60. The monoisotopic (exact) mass is 265 g/mol. The maximum absolute atomic E-state index is 13.6. The van der Waals surface area contributed by atoms with E-state index in [0.717, 1.165) is 0 Å². The molecular formula is C14H16FNOS. The Kier molecular flexibility index (Phi) is 5.73. The van der Waals surface area contributed by atoms with Crippen molar-refractivity contribution in [3.8, 4) is 12.3 Å². The van der Waals surface area contributed by atoms with Crippen LogP contribution in [0.5, 0.6) is 0 Å². The molecular weight excluding hydrogens is 249 g/mol. The van der Waals surface area contributed by atoms with E-state index in [0.29, 0.717) is 5.56 Å². The first-order chi connectivity index (χ1) is 8.56. The van der Waals surface area contributed by atoms with Crippen LogP contribution < -0.4 is 5.32 Å². The van der Waals surface area contributed by atoms with Gasteiger partial charge in [0.05, 0.1) is 11.8 Å². The van der Waals surface area contributed by atoms with Crippen molar-refractivity contribution in [3.63, 3.8) is 0 Å². The molecule has 0 aliphatic carbocycles. The highest BCUT2D eigenvalue weighted by molar-refractivity contribution is 8.00. The van der Waals surface area contributed by atoms with Crippen LogP contribution in [-0.2, 0) is 4.79 Å². The fourth-order valence-electron chi connectivity index (χ4n) is 1.53. The van der Waals surface area contributed by atoms with E-state index in [4.69, 9.17) is 6.42 Å². The molecule has 0 aromatic heterocycles. The highest BCUT2D eigenvalue weighted by Gasteiger charge is 2.19. The number of halogens is 1. The van der Waals surface area contributed by atoms with Crippen LogP contribution in [0.25, 0.3) is 0 Å². The minimum Gasteiger partial charge on any atom is -0.344 e. The molecule has 0 saturated heterocycles. The molecule has 0 spiro atoms. The molecule has 1 amide bonds. The zero-order valence-electron chi connectivity index (χ0n) is 10.4. The quantitative estimate of drug-likeness (QED) is 0.829. The number of benzene rings is 1. The lowest BCUT2D eigenvalue weighted by Gasteiger charge is -2.17. The van der Waals surface area contributed by atoms with E-state index < -0.39 is 0 Å². The normalized spacial score (nSPS) is 13.4. The van der Waals surface area contributed by atoms with Crippen molar-refractivity contribution in [1.29, 1.82) is 0 Å². The fraction of sp³-hybridized carbons (Fsp3) is 0.357. The Labute approximate surface area is 111 Å². The molecule has 4 heteroatoms. The Balaban J connectivity index is 2.60. The predicted molar refractivity (Wildman–Crippen MR) is 73.7 cm³/mol. The summed E-state index contributed by atoms with van der Waals surface area (Å²) >= 11 is 1.40. The van der Waals surface area contributed by atoms with Crippen LogP contribution in [0.2, 0.25) is 0 Å². The zero-order chi connectivity index (χ0) is 13.5. The van der Waals surface area contributed by atoms with E-state index in [9.17, 15) is 9.18 Å². The number of hydrogen-bond donors (Lipinski definition) is 1. The van der Waals surface area contributed by atoms with Gasteiger partial charge in [-0.3, -0.25) is 4.79 Å². The van der Waals surface area contributed by atoms with E-state index in [1.54, 1.807) is 25.1 Å². The first kappa shape index (κ1) is 14.6. The third kappa shape index (κ3) is 4.08. The van der Waals surface area contributed by atoms with Crippen LogP contribution in [0.4, 0.5) is 4.39 Å². The van der Waals surface area contributed by atoms with Crippen molar-refractivity contribution < 1.29 is 9.18 Å². The molecule has 0 radical (unpaired) electrons. The number of terminal acetylenes is 1. The summed E-state index contributed by atoms with van der Waals surface area (Å²) in [7, 11) is 0. The number of nitrogens with one attached hydrogen (secondary N) is 1. The average Bonchev–Trinajstić information content (AvgIpc) is 2.36. The summed E-state index contributed by atoms with van der Waals surface area (Å²) in [6.07, 6.45) is 5.07. The molecule has 0 heterocycles. The Hall–Kier alpha value is -1.47. The molecule has 18 heavy (non-hydrogen) atoms. The molecule has 1 rings (SSSR count). The van der Waals surface area contributed by atoms with Gasteiger partial charge in [0.1, 0.15) is 5.82 Å². The molecule has 0 fully saturated rings. The lowest BCUT2D eigenvalue weighted by atomic mass is 10.1. The smallest absolute Gasteiger partial charge is 0.233 e. The number of carbonyl (C=O) groups is 1. The van der Waals surface area contributed by atoms with Crippen LogP contribution in [0, 0.1) is 18.2 Å². The molecule has 0 aliphatic rings. The van der Waals surface area contributed by atoms with Crippen LogP contribution >= 0.6 is 11.8 Å². The second-order valence-electron chi connectivity index (χ2n) is 3.86. The van der Waals surface area contributed by atoms with Gasteiger partial charge in [0, 0.05) is 10.8 Å². The fourth-order valence-corrected chi connectivity index (χ4v) is 2.69. The van der Waals surface area contributed by atoms with Gasteiger partial charge in [-0.25, -0.2) is 4.39 Å². The second kappa shape index (κ2) is 7.07. The van der Waals surface area contributed by atoms with Crippen LogP contribution in [0.1, 0.15) is 24.7 Å². The molecule has 0 saturated carbocycles. The largest absolute Gasteiger partial charge is 0.344 e. The maximum atomic E-state index is 13.6. The molecule has 0 bridgehead atoms. The molecule has 0 unspecified atom stereocenters. The third-order valence-corrected chi connectivity index (χ3v) is 3.77. The van der Waals surface area contributed by atoms with Gasteiger partial charge >= 0.3 is 0 Å². The van der Waals surface area contributed by atoms with Gasteiger partial charge in [0.25, 0.3) is 0 Å². The molecule has 2 nitrogen and oxygen atoms in total. The van der Waals surface area contributed by atoms with E-state index in [1.165, 1.54) is 17.8 Å². The SMILES string of the molecule is C#CCNC(=O)[C@@H](C)S[C@@H](C)c1ccccc1F.